The van der Waals surface area contributed by atoms with E-state index >= 15 is 0 Å². The first-order valence-electron chi connectivity index (χ1n) is 5.68. The number of aromatic carboxylic acids is 1. The molecule has 0 fully saturated rings. The van der Waals surface area contributed by atoms with Crippen molar-refractivity contribution >= 4 is 5.97 Å². The van der Waals surface area contributed by atoms with Gasteiger partial charge in [0.2, 0.25) is 0 Å². The van der Waals surface area contributed by atoms with Crippen molar-refractivity contribution in [2.45, 2.75) is 20.0 Å². The molecule has 1 aromatic heterocycles. The largest absolute Gasteiger partial charge is 0.476 e. The first kappa shape index (κ1) is 14.1. The number of hydrogen-bond donors (Lipinski definition) is 1. The van der Waals surface area contributed by atoms with Gasteiger partial charge < -0.3 is 5.11 Å². The standard InChI is InChI=1S/C13H11F3N2O2/c1-7-3-4-10(8(2)5-7)18-11(13(14,15)16)6-9(17-18)12(19)20/h3-6H,1-2H3,(H,19,20). The quantitative estimate of drug-likeness (QED) is 0.921. The third-order valence-electron chi connectivity index (χ3n) is 2.80. The number of halogens is 3. The van der Waals surface area contributed by atoms with Gasteiger partial charge in [-0.25, -0.2) is 9.48 Å². The van der Waals surface area contributed by atoms with Gasteiger partial charge in [0.05, 0.1) is 5.69 Å². The van der Waals surface area contributed by atoms with Crippen molar-refractivity contribution in [3.8, 4) is 5.69 Å². The molecule has 0 spiro atoms. The number of carbonyl (C=O) groups is 1. The summed E-state index contributed by atoms with van der Waals surface area (Å²) in [5.41, 5.74) is -0.0736. The number of carboxylic acids is 1. The maximum Gasteiger partial charge on any atom is 0.433 e. The number of alkyl halides is 3. The number of benzene rings is 1. The van der Waals surface area contributed by atoms with E-state index in [-0.39, 0.29) is 5.69 Å². The minimum atomic E-state index is -4.68. The fourth-order valence-electron chi connectivity index (χ4n) is 1.91. The molecule has 20 heavy (non-hydrogen) atoms. The highest BCUT2D eigenvalue weighted by Crippen LogP contribution is 2.32. The van der Waals surface area contributed by atoms with Crippen molar-refractivity contribution in [3.05, 3.63) is 46.8 Å². The minimum Gasteiger partial charge on any atom is -0.476 e. The van der Waals surface area contributed by atoms with E-state index in [0.717, 1.165) is 5.56 Å². The third-order valence-corrected chi connectivity index (χ3v) is 2.80. The Labute approximate surface area is 112 Å². The summed E-state index contributed by atoms with van der Waals surface area (Å²) in [6.07, 6.45) is -4.68. The predicted molar refractivity (Wildman–Crippen MR) is 65.0 cm³/mol. The summed E-state index contributed by atoms with van der Waals surface area (Å²) in [4.78, 5) is 10.8. The van der Waals surface area contributed by atoms with E-state index in [1.165, 1.54) is 6.07 Å². The number of carboxylic acid groups (broad SMARTS) is 1. The Bertz CT molecular complexity index is 675. The second-order valence-electron chi connectivity index (χ2n) is 4.42. The van der Waals surface area contributed by atoms with Gasteiger partial charge >= 0.3 is 12.1 Å². The molecule has 0 aliphatic rings. The van der Waals surface area contributed by atoms with Crippen LogP contribution in [0.2, 0.25) is 0 Å². The van der Waals surface area contributed by atoms with Gasteiger partial charge in [-0.3, -0.25) is 0 Å². The second-order valence-corrected chi connectivity index (χ2v) is 4.42. The number of rotatable bonds is 2. The lowest BCUT2D eigenvalue weighted by Gasteiger charge is -2.12. The van der Waals surface area contributed by atoms with Crippen molar-refractivity contribution in [2.24, 2.45) is 0 Å². The topological polar surface area (TPSA) is 55.1 Å². The van der Waals surface area contributed by atoms with Crippen LogP contribution in [-0.2, 0) is 6.18 Å². The minimum absolute atomic E-state index is 0.204. The lowest BCUT2D eigenvalue weighted by Crippen LogP contribution is -2.14. The summed E-state index contributed by atoms with van der Waals surface area (Å²) in [7, 11) is 0. The maximum atomic E-state index is 13.0. The Balaban J connectivity index is 2.69. The lowest BCUT2D eigenvalue weighted by atomic mass is 10.1. The van der Waals surface area contributed by atoms with E-state index in [0.29, 0.717) is 16.3 Å². The van der Waals surface area contributed by atoms with Crippen LogP contribution in [0.1, 0.15) is 27.3 Å². The Morgan fingerprint density at radius 2 is 1.90 bits per heavy atom. The Kier molecular flexibility index (Phi) is 3.29. The van der Waals surface area contributed by atoms with Crippen LogP contribution in [0.25, 0.3) is 5.69 Å². The molecular weight excluding hydrogens is 273 g/mol. The highest BCUT2D eigenvalue weighted by atomic mass is 19.4. The summed E-state index contributed by atoms with van der Waals surface area (Å²) in [5, 5.41) is 12.3. The number of hydrogen-bond acceptors (Lipinski definition) is 2. The van der Waals surface area contributed by atoms with Crippen molar-refractivity contribution < 1.29 is 23.1 Å². The highest BCUT2D eigenvalue weighted by molar-refractivity contribution is 5.85. The van der Waals surface area contributed by atoms with Crippen molar-refractivity contribution in [1.29, 1.82) is 0 Å². The molecule has 4 nitrogen and oxygen atoms in total. The molecular formula is C13H11F3N2O2. The van der Waals surface area contributed by atoms with Crippen LogP contribution in [0.3, 0.4) is 0 Å². The lowest BCUT2D eigenvalue weighted by molar-refractivity contribution is -0.142. The van der Waals surface area contributed by atoms with Crippen LogP contribution in [-0.4, -0.2) is 20.9 Å². The van der Waals surface area contributed by atoms with Gasteiger partial charge in [0.1, 0.15) is 5.69 Å². The van der Waals surface area contributed by atoms with Crippen LogP contribution in [0, 0.1) is 13.8 Å². The predicted octanol–water partition coefficient (Wildman–Crippen LogP) is 3.21. The number of aryl methyl sites for hydroxylation is 2. The average Bonchev–Trinajstić information content (AvgIpc) is 2.73. The van der Waals surface area contributed by atoms with E-state index in [9.17, 15) is 18.0 Å². The van der Waals surface area contributed by atoms with Gasteiger partial charge in [-0.1, -0.05) is 17.7 Å². The zero-order valence-electron chi connectivity index (χ0n) is 10.7. The molecule has 0 saturated carbocycles. The molecule has 1 heterocycles. The van der Waals surface area contributed by atoms with Gasteiger partial charge in [-0.05, 0) is 25.5 Å². The van der Waals surface area contributed by atoms with Crippen LogP contribution in [0.4, 0.5) is 13.2 Å². The van der Waals surface area contributed by atoms with Gasteiger partial charge in [-0.2, -0.15) is 18.3 Å². The first-order chi connectivity index (χ1) is 9.20. The van der Waals surface area contributed by atoms with E-state index < -0.39 is 23.5 Å². The molecule has 0 radical (unpaired) electrons. The highest BCUT2D eigenvalue weighted by Gasteiger charge is 2.37. The molecule has 0 aliphatic carbocycles. The molecule has 0 atom stereocenters. The first-order valence-corrected chi connectivity index (χ1v) is 5.68. The fourth-order valence-corrected chi connectivity index (χ4v) is 1.91. The normalized spacial score (nSPS) is 11.7. The molecule has 0 aliphatic heterocycles. The van der Waals surface area contributed by atoms with Crippen molar-refractivity contribution in [3.63, 3.8) is 0 Å². The zero-order chi connectivity index (χ0) is 15.1. The molecule has 1 aromatic carbocycles. The average molecular weight is 284 g/mol. The van der Waals surface area contributed by atoms with E-state index in [1.54, 1.807) is 19.1 Å². The summed E-state index contributed by atoms with van der Waals surface area (Å²) < 4.78 is 39.5. The molecule has 106 valence electrons. The van der Waals surface area contributed by atoms with Crippen LogP contribution >= 0.6 is 0 Å². The Morgan fingerprint density at radius 3 is 2.40 bits per heavy atom. The summed E-state index contributed by atoms with van der Waals surface area (Å²) in [5.74, 6) is -1.50. The van der Waals surface area contributed by atoms with E-state index in [2.05, 4.69) is 5.10 Å². The summed E-state index contributed by atoms with van der Waals surface area (Å²) in [6, 6.07) is 5.36. The monoisotopic (exact) mass is 284 g/mol. The van der Waals surface area contributed by atoms with Gasteiger partial charge in [0.15, 0.2) is 5.69 Å². The van der Waals surface area contributed by atoms with Crippen LogP contribution < -0.4 is 0 Å². The molecule has 0 amide bonds. The van der Waals surface area contributed by atoms with E-state index in [4.69, 9.17) is 5.11 Å². The SMILES string of the molecule is Cc1ccc(-n2nc(C(=O)O)cc2C(F)(F)F)c(C)c1. The van der Waals surface area contributed by atoms with Crippen LogP contribution in [0.5, 0.6) is 0 Å². The second kappa shape index (κ2) is 4.66. The molecule has 0 saturated heterocycles. The summed E-state index contributed by atoms with van der Waals surface area (Å²) in [6.45, 7) is 3.46. The fraction of sp³-hybridized carbons (Fsp3) is 0.231. The van der Waals surface area contributed by atoms with Gasteiger partial charge in [-0.15, -0.1) is 0 Å². The summed E-state index contributed by atoms with van der Waals surface area (Å²) >= 11 is 0. The Morgan fingerprint density at radius 1 is 1.25 bits per heavy atom. The smallest absolute Gasteiger partial charge is 0.433 e. The maximum absolute atomic E-state index is 13.0. The van der Waals surface area contributed by atoms with Crippen molar-refractivity contribution in [2.75, 3.05) is 0 Å². The molecule has 1 N–H and O–H groups in total. The Hall–Kier alpha value is -2.31. The molecule has 0 unspecified atom stereocenters. The number of aromatic nitrogens is 2. The zero-order valence-corrected chi connectivity index (χ0v) is 10.7. The van der Waals surface area contributed by atoms with Gasteiger partial charge in [0, 0.05) is 6.07 Å². The van der Waals surface area contributed by atoms with E-state index in [1.807, 2.05) is 6.92 Å². The molecule has 7 heteroatoms. The third kappa shape index (κ3) is 2.52. The van der Waals surface area contributed by atoms with Crippen LogP contribution in [0.15, 0.2) is 24.3 Å². The van der Waals surface area contributed by atoms with Crippen molar-refractivity contribution in [1.82, 2.24) is 9.78 Å². The molecule has 2 rings (SSSR count). The molecule has 0 bridgehead atoms. The molecule has 2 aromatic rings. The number of nitrogens with zero attached hydrogens (tertiary/aromatic N) is 2. The van der Waals surface area contributed by atoms with Gasteiger partial charge in [0.25, 0.3) is 0 Å².